The Balaban J connectivity index is 1.94. The van der Waals surface area contributed by atoms with Crippen LogP contribution in [0.5, 0.6) is 0 Å². The maximum absolute atomic E-state index is 11.5. The SMILES string of the molecule is CCc1nnc(S/C(=C/c2c[nH]c3ccccc23)C(=O)O)o1. The third-order valence-electron chi connectivity index (χ3n) is 3.07. The fourth-order valence-corrected chi connectivity index (χ4v) is 2.69. The number of carboxylic acid groups (broad SMARTS) is 1. The molecule has 0 aliphatic heterocycles. The first-order valence-electron chi connectivity index (χ1n) is 6.68. The Morgan fingerprint density at radius 1 is 1.41 bits per heavy atom. The van der Waals surface area contributed by atoms with Gasteiger partial charge in [-0.3, -0.25) is 0 Å². The zero-order chi connectivity index (χ0) is 15.5. The zero-order valence-corrected chi connectivity index (χ0v) is 12.6. The monoisotopic (exact) mass is 315 g/mol. The predicted octanol–water partition coefficient (Wildman–Crippen LogP) is 3.33. The summed E-state index contributed by atoms with van der Waals surface area (Å²) in [4.78, 5) is 14.7. The van der Waals surface area contributed by atoms with E-state index in [9.17, 15) is 9.90 Å². The highest BCUT2D eigenvalue weighted by Crippen LogP contribution is 2.29. The van der Waals surface area contributed by atoms with Crippen LogP contribution in [0.15, 0.2) is 45.0 Å². The van der Waals surface area contributed by atoms with E-state index in [1.165, 1.54) is 0 Å². The van der Waals surface area contributed by atoms with Crippen LogP contribution in [-0.2, 0) is 11.2 Å². The van der Waals surface area contributed by atoms with Crippen LogP contribution in [0, 0.1) is 0 Å². The van der Waals surface area contributed by atoms with Gasteiger partial charge < -0.3 is 14.5 Å². The Labute approximate surface area is 130 Å². The van der Waals surface area contributed by atoms with E-state index in [0.29, 0.717) is 12.3 Å². The number of aliphatic carboxylic acids is 1. The van der Waals surface area contributed by atoms with Crippen LogP contribution in [0.3, 0.4) is 0 Å². The number of aryl methyl sites for hydroxylation is 1. The minimum absolute atomic E-state index is 0.121. The largest absolute Gasteiger partial charge is 0.477 e. The number of aromatic nitrogens is 3. The molecule has 0 bridgehead atoms. The normalized spacial score (nSPS) is 12.0. The van der Waals surface area contributed by atoms with Gasteiger partial charge in [-0.15, -0.1) is 10.2 Å². The van der Waals surface area contributed by atoms with Gasteiger partial charge in [0.25, 0.3) is 5.22 Å². The number of nitrogens with zero attached hydrogens (tertiary/aromatic N) is 2. The van der Waals surface area contributed by atoms with E-state index in [1.54, 1.807) is 12.3 Å². The maximum atomic E-state index is 11.5. The van der Waals surface area contributed by atoms with Crippen molar-refractivity contribution >= 4 is 34.7 Å². The molecule has 2 heterocycles. The number of hydrogen-bond donors (Lipinski definition) is 2. The lowest BCUT2D eigenvalue weighted by molar-refractivity contribution is -0.131. The van der Waals surface area contributed by atoms with Crippen LogP contribution in [0.4, 0.5) is 0 Å². The van der Waals surface area contributed by atoms with E-state index in [0.717, 1.165) is 28.2 Å². The molecular weight excluding hydrogens is 302 g/mol. The van der Waals surface area contributed by atoms with Gasteiger partial charge in [0.15, 0.2) is 0 Å². The molecule has 3 aromatic rings. The number of para-hydroxylation sites is 1. The van der Waals surface area contributed by atoms with Crippen LogP contribution in [0.25, 0.3) is 17.0 Å². The lowest BCUT2D eigenvalue weighted by Gasteiger charge is -1.98. The van der Waals surface area contributed by atoms with Crippen LogP contribution in [0.1, 0.15) is 18.4 Å². The molecule has 0 aliphatic carbocycles. The molecule has 22 heavy (non-hydrogen) atoms. The smallest absolute Gasteiger partial charge is 0.342 e. The Morgan fingerprint density at radius 2 is 2.23 bits per heavy atom. The van der Waals surface area contributed by atoms with E-state index in [-0.39, 0.29) is 10.1 Å². The van der Waals surface area contributed by atoms with Gasteiger partial charge in [-0.25, -0.2) is 4.79 Å². The van der Waals surface area contributed by atoms with Gasteiger partial charge in [0.05, 0.1) is 0 Å². The summed E-state index contributed by atoms with van der Waals surface area (Å²) >= 11 is 0.947. The highest BCUT2D eigenvalue weighted by molar-refractivity contribution is 8.03. The second kappa shape index (κ2) is 6.07. The molecule has 0 saturated heterocycles. The van der Waals surface area contributed by atoms with Crippen molar-refractivity contribution < 1.29 is 14.3 Å². The quantitative estimate of drug-likeness (QED) is 0.554. The molecule has 0 unspecified atom stereocenters. The maximum Gasteiger partial charge on any atom is 0.342 e. The standard InChI is InChI=1S/C15H13N3O3S/c1-2-13-17-18-15(21-13)22-12(14(19)20)7-9-8-16-11-6-4-3-5-10(9)11/h3-8,16H,2H2,1H3,(H,19,20)/b12-7+. The van der Waals surface area contributed by atoms with Crippen molar-refractivity contribution in [1.82, 2.24) is 15.2 Å². The first-order chi connectivity index (χ1) is 10.7. The first kappa shape index (κ1) is 14.4. The molecule has 6 nitrogen and oxygen atoms in total. The van der Waals surface area contributed by atoms with E-state index >= 15 is 0 Å². The third-order valence-corrected chi connectivity index (χ3v) is 3.92. The summed E-state index contributed by atoms with van der Waals surface area (Å²) in [5.41, 5.74) is 1.75. The number of hydrogen-bond acceptors (Lipinski definition) is 5. The van der Waals surface area contributed by atoms with Gasteiger partial charge in [0, 0.05) is 29.1 Å². The average Bonchev–Trinajstić information content (AvgIpc) is 3.14. The molecule has 0 atom stereocenters. The van der Waals surface area contributed by atoms with Crippen molar-refractivity contribution in [3.8, 4) is 0 Å². The molecule has 0 spiro atoms. The molecule has 1 aromatic carbocycles. The van der Waals surface area contributed by atoms with E-state index in [1.807, 2.05) is 31.2 Å². The number of benzene rings is 1. The molecule has 112 valence electrons. The molecular formula is C15H13N3O3S. The Morgan fingerprint density at radius 3 is 2.95 bits per heavy atom. The van der Waals surface area contributed by atoms with Crippen molar-refractivity contribution in [1.29, 1.82) is 0 Å². The third kappa shape index (κ3) is 2.89. The summed E-state index contributed by atoms with van der Waals surface area (Å²) in [6.45, 7) is 1.89. The number of nitrogens with one attached hydrogen (secondary N) is 1. The molecule has 0 aliphatic rings. The van der Waals surface area contributed by atoms with Crippen molar-refractivity contribution in [2.24, 2.45) is 0 Å². The van der Waals surface area contributed by atoms with Gasteiger partial charge in [0.1, 0.15) is 4.91 Å². The number of H-pyrrole nitrogens is 1. The van der Waals surface area contributed by atoms with Gasteiger partial charge in [-0.1, -0.05) is 25.1 Å². The van der Waals surface area contributed by atoms with E-state index in [2.05, 4.69) is 15.2 Å². The minimum Gasteiger partial charge on any atom is -0.477 e. The summed E-state index contributed by atoms with van der Waals surface area (Å²) in [6.07, 6.45) is 3.99. The van der Waals surface area contributed by atoms with Crippen molar-refractivity contribution in [2.45, 2.75) is 18.6 Å². The lowest BCUT2D eigenvalue weighted by atomic mass is 10.1. The summed E-state index contributed by atoms with van der Waals surface area (Å²) in [6, 6.07) is 7.70. The number of fused-ring (bicyclic) bond motifs is 1. The van der Waals surface area contributed by atoms with Crippen LogP contribution in [0.2, 0.25) is 0 Å². The summed E-state index contributed by atoms with van der Waals surface area (Å²) in [5, 5.41) is 18.2. The molecule has 2 N–H and O–H groups in total. The van der Waals surface area contributed by atoms with Crippen molar-refractivity contribution in [2.75, 3.05) is 0 Å². The Hall–Kier alpha value is -2.54. The molecule has 2 aromatic heterocycles. The van der Waals surface area contributed by atoms with Crippen LogP contribution >= 0.6 is 11.8 Å². The summed E-state index contributed by atoms with van der Waals surface area (Å²) in [7, 11) is 0. The molecule has 0 saturated carbocycles. The Bertz CT molecular complexity index is 850. The van der Waals surface area contributed by atoms with Crippen molar-refractivity contribution in [3.05, 3.63) is 46.8 Å². The minimum atomic E-state index is -1.04. The van der Waals surface area contributed by atoms with Gasteiger partial charge in [-0.2, -0.15) is 0 Å². The van der Waals surface area contributed by atoms with Gasteiger partial charge in [0.2, 0.25) is 5.89 Å². The van der Waals surface area contributed by atoms with Crippen LogP contribution in [-0.4, -0.2) is 26.3 Å². The average molecular weight is 315 g/mol. The lowest BCUT2D eigenvalue weighted by Crippen LogP contribution is -1.96. The van der Waals surface area contributed by atoms with Crippen LogP contribution < -0.4 is 0 Å². The Kier molecular flexibility index (Phi) is 3.97. The molecule has 7 heteroatoms. The zero-order valence-electron chi connectivity index (χ0n) is 11.7. The fraction of sp³-hybridized carbons (Fsp3) is 0.133. The van der Waals surface area contributed by atoms with E-state index < -0.39 is 5.97 Å². The van der Waals surface area contributed by atoms with Gasteiger partial charge in [-0.05, 0) is 23.9 Å². The fourth-order valence-electron chi connectivity index (χ4n) is 2.01. The van der Waals surface area contributed by atoms with Gasteiger partial charge >= 0.3 is 5.97 Å². The molecule has 3 rings (SSSR count). The number of rotatable bonds is 5. The molecule has 0 fully saturated rings. The highest BCUT2D eigenvalue weighted by Gasteiger charge is 2.15. The van der Waals surface area contributed by atoms with Crippen molar-refractivity contribution in [3.63, 3.8) is 0 Å². The number of aromatic amines is 1. The summed E-state index contributed by atoms with van der Waals surface area (Å²) < 4.78 is 5.35. The topological polar surface area (TPSA) is 92.0 Å². The number of thioether (sulfide) groups is 1. The number of carbonyl (C=O) groups is 1. The first-order valence-corrected chi connectivity index (χ1v) is 7.50. The molecule has 0 amide bonds. The highest BCUT2D eigenvalue weighted by atomic mass is 32.2. The predicted molar refractivity (Wildman–Crippen MR) is 83.4 cm³/mol. The second-order valence-electron chi connectivity index (χ2n) is 4.52. The second-order valence-corrected chi connectivity index (χ2v) is 5.51. The molecule has 0 radical (unpaired) electrons. The van der Waals surface area contributed by atoms with E-state index in [4.69, 9.17) is 4.42 Å². The summed E-state index contributed by atoms with van der Waals surface area (Å²) in [5.74, 6) is -0.550. The number of carboxylic acids is 1.